The Kier molecular flexibility index (Phi) is 7.37. The van der Waals surface area contributed by atoms with Crippen molar-refractivity contribution < 1.29 is 14.3 Å². The third kappa shape index (κ3) is 5.33. The summed E-state index contributed by atoms with van der Waals surface area (Å²) < 4.78 is 7.03. The van der Waals surface area contributed by atoms with Crippen LogP contribution in [0.15, 0.2) is 54.1 Å². The molecule has 1 N–H and O–H groups in total. The Morgan fingerprint density at radius 2 is 1.82 bits per heavy atom. The number of benzene rings is 2. The zero-order valence-corrected chi connectivity index (χ0v) is 19.7. The van der Waals surface area contributed by atoms with Gasteiger partial charge in [0, 0.05) is 27.8 Å². The van der Waals surface area contributed by atoms with E-state index in [2.05, 4.69) is 5.32 Å². The highest BCUT2D eigenvalue weighted by Gasteiger charge is 2.15. The minimum atomic E-state index is -0.497. The van der Waals surface area contributed by atoms with E-state index >= 15 is 0 Å². The molecule has 2 aromatic carbocycles. The van der Waals surface area contributed by atoms with Gasteiger partial charge in [-0.2, -0.15) is 5.26 Å². The number of halogens is 1. The number of esters is 1. The summed E-state index contributed by atoms with van der Waals surface area (Å²) in [6, 6.07) is 16.1. The predicted octanol–water partition coefficient (Wildman–Crippen LogP) is 5.78. The van der Waals surface area contributed by atoms with Gasteiger partial charge in [0.15, 0.2) is 0 Å². The van der Waals surface area contributed by atoms with Crippen LogP contribution in [0.3, 0.4) is 0 Å². The van der Waals surface area contributed by atoms with Crippen LogP contribution in [0.25, 0.3) is 11.8 Å². The van der Waals surface area contributed by atoms with E-state index in [-0.39, 0.29) is 11.5 Å². The van der Waals surface area contributed by atoms with Gasteiger partial charge in [-0.25, -0.2) is 4.79 Å². The van der Waals surface area contributed by atoms with Gasteiger partial charge in [-0.05, 0) is 93.4 Å². The molecule has 3 aromatic rings. The summed E-state index contributed by atoms with van der Waals surface area (Å²) in [5.41, 5.74) is 5.25. The standard InChI is InChI=1S/C26H24ClN3O3/c1-5-33-26(32)19-6-9-23(10-7-19)30-17(3)13-20(18(30)4)14-21(15-28)25(31)29-22-8-11-24(27)16(2)12-22/h6-14H,5H2,1-4H3,(H,29,31)/b21-14-. The minimum absolute atomic E-state index is 0.0134. The highest BCUT2D eigenvalue weighted by molar-refractivity contribution is 6.31. The molecule has 0 bridgehead atoms. The number of carbonyl (C=O) groups excluding carboxylic acids is 2. The molecule has 0 saturated carbocycles. The van der Waals surface area contributed by atoms with Crippen molar-refractivity contribution in [2.75, 3.05) is 11.9 Å². The van der Waals surface area contributed by atoms with Crippen molar-refractivity contribution in [3.05, 3.63) is 87.2 Å². The number of aromatic nitrogens is 1. The van der Waals surface area contributed by atoms with Gasteiger partial charge in [0.05, 0.1) is 12.2 Å². The first-order valence-corrected chi connectivity index (χ1v) is 10.8. The average molecular weight is 462 g/mol. The highest BCUT2D eigenvalue weighted by atomic mass is 35.5. The normalized spacial score (nSPS) is 11.1. The van der Waals surface area contributed by atoms with E-state index in [1.54, 1.807) is 43.3 Å². The second kappa shape index (κ2) is 10.2. The van der Waals surface area contributed by atoms with Crippen molar-refractivity contribution in [2.24, 2.45) is 0 Å². The smallest absolute Gasteiger partial charge is 0.338 e. The van der Waals surface area contributed by atoms with Crippen LogP contribution in [0.1, 0.15) is 39.8 Å². The SMILES string of the molecule is CCOC(=O)c1ccc(-n2c(C)cc(/C=C(/C#N)C(=O)Nc3ccc(Cl)c(C)c3)c2C)cc1. The van der Waals surface area contributed by atoms with Gasteiger partial charge in [-0.15, -0.1) is 0 Å². The second-order valence-corrected chi connectivity index (χ2v) is 7.92. The number of hydrogen-bond donors (Lipinski definition) is 1. The maximum absolute atomic E-state index is 12.7. The van der Waals surface area contributed by atoms with Crippen LogP contribution < -0.4 is 5.32 Å². The van der Waals surface area contributed by atoms with Crippen LogP contribution in [0.2, 0.25) is 5.02 Å². The Balaban J connectivity index is 1.88. The van der Waals surface area contributed by atoms with Gasteiger partial charge in [-0.1, -0.05) is 11.6 Å². The number of anilines is 1. The minimum Gasteiger partial charge on any atom is -0.462 e. The summed E-state index contributed by atoms with van der Waals surface area (Å²) in [7, 11) is 0. The lowest BCUT2D eigenvalue weighted by Gasteiger charge is -2.10. The molecule has 0 fully saturated rings. The lowest BCUT2D eigenvalue weighted by Crippen LogP contribution is -2.13. The molecule has 0 aliphatic carbocycles. The van der Waals surface area contributed by atoms with Crippen LogP contribution in [-0.4, -0.2) is 23.1 Å². The molecule has 0 aliphatic heterocycles. The summed E-state index contributed by atoms with van der Waals surface area (Å²) in [5, 5.41) is 12.9. The van der Waals surface area contributed by atoms with Crippen molar-refractivity contribution >= 4 is 35.2 Å². The lowest BCUT2D eigenvalue weighted by atomic mass is 10.1. The maximum Gasteiger partial charge on any atom is 0.338 e. The Labute approximate surface area is 198 Å². The molecular weight excluding hydrogens is 438 g/mol. The van der Waals surface area contributed by atoms with E-state index in [4.69, 9.17) is 16.3 Å². The second-order valence-electron chi connectivity index (χ2n) is 7.52. The van der Waals surface area contributed by atoms with Crippen molar-refractivity contribution in [1.29, 1.82) is 5.26 Å². The first-order valence-electron chi connectivity index (χ1n) is 10.4. The first-order chi connectivity index (χ1) is 15.7. The molecule has 0 atom stereocenters. The summed E-state index contributed by atoms with van der Waals surface area (Å²) >= 11 is 6.04. The number of aryl methyl sites for hydroxylation is 2. The van der Waals surface area contributed by atoms with Crippen LogP contribution >= 0.6 is 11.6 Å². The lowest BCUT2D eigenvalue weighted by molar-refractivity contribution is -0.112. The Hall–Kier alpha value is -3.82. The van der Waals surface area contributed by atoms with Gasteiger partial charge in [0.1, 0.15) is 11.6 Å². The molecule has 1 amide bonds. The number of ether oxygens (including phenoxy) is 1. The molecule has 1 aromatic heterocycles. The molecule has 0 saturated heterocycles. The van der Waals surface area contributed by atoms with E-state index in [0.29, 0.717) is 22.9 Å². The van der Waals surface area contributed by atoms with Gasteiger partial charge in [-0.3, -0.25) is 4.79 Å². The highest BCUT2D eigenvalue weighted by Crippen LogP contribution is 2.24. The number of hydrogen-bond acceptors (Lipinski definition) is 4. The fourth-order valence-electron chi connectivity index (χ4n) is 3.52. The number of nitriles is 1. The molecular formula is C26H24ClN3O3. The number of carbonyl (C=O) groups is 2. The molecule has 1 heterocycles. The van der Waals surface area contributed by atoms with E-state index < -0.39 is 5.91 Å². The van der Waals surface area contributed by atoms with Gasteiger partial charge < -0.3 is 14.6 Å². The average Bonchev–Trinajstić information content (AvgIpc) is 3.07. The van der Waals surface area contributed by atoms with E-state index in [1.165, 1.54) is 0 Å². The molecule has 6 nitrogen and oxygen atoms in total. The van der Waals surface area contributed by atoms with Crippen LogP contribution in [0, 0.1) is 32.1 Å². The van der Waals surface area contributed by atoms with Crippen molar-refractivity contribution in [3.63, 3.8) is 0 Å². The monoisotopic (exact) mass is 461 g/mol. The van der Waals surface area contributed by atoms with Crippen molar-refractivity contribution in [2.45, 2.75) is 27.7 Å². The Bertz CT molecular complexity index is 1280. The molecule has 33 heavy (non-hydrogen) atoms. The number of nitrogens with one attached hydrogen (secondary N) is 1. The molecule has 168 valence electrons. The number of nitrogens with zero attached hydrogens (tertiary/aromatic N) is 2. The van der Waals surface area contributed by atoms with E-state index in [9.17, 15) is 14.9 Å². The van der Waals surface area contributed by atoms with Gasteiger partial charge in [0.25, 0.3) is 5.91 Å². The summed E-state index contributed by atoms with van der Waals surface area (Å²) in [5.74, 6) is -0.864. The Morgan fingerprint density at radius 3 is 2.42 bits per heavy atom. The van der Waals surface area contributed by atoms with Crippen LogP contribution in [-0.2, 0) is 9.53 Å². The molecule has 0 spiro atoms. The number of amides is 1. The fourth-order valence-corrected chi connectivity index (χ4v) is 3.63. The molecule has 0 radical (unpaired) electrons. The summed E-state index contributed by atoms with van der Waals surface area (Å²) in [6.45, 7) is 7.77. The molecule has 0 aliphatic rings. The Morgan fingerprint density at radius 1 is 1.12 bits per heavy atom. The van der Waals surface area contributed by atoms with E-state index in [0.717, 1.165) is 28.2 Å². The van der Waals surface area contributed by atoms with Crippen LogP contribution in [0.4, 0.5) is 5.69 Å². The van der Waals surface area contributed by atoms with Gasteiger partial charge >= 0.3 is 5.97 Å². The maximum atomic E-state index is 12.7. The molecule has 0 unspecified atom stereocenters. The first kappa shape index (κ1) is 23.8. The zero-order valence-electron chi connectivity index (χ0n) is 18.9. The largest absolute Gasteiger partial charge is 0.462 e. The number of rotatable bonds is 6. The van der Waals surface area contributed by atoms with Crippen molar-refractivity contribution in [1.82, 2.24) is 4.57 Å². The van der Waals surface area contributed by atoms with Gasteiger partial charge in [0.2, 0.25) is 0 Å². The topological polar surface area (TPSA) is 84.1 Å². The molecule has 7 heteroatoms. The predicted molar refractivity (Wildman–Crippen MR) is 130 cm³/mol. The van der Waals surface area contributed by atoms with Crippen molar-refractivity contribution in [3.8, 4) is 11.8 Å². The quantitative estimate of drug-likeness (QED) is 0.286. The summed E-state index contributed by atoms with van der Waals surface area (Å²) in [4.78, 5) is 24.6. The fraction of sp³-hybridized carbons (Fsp3) is 0.192. The summed E-state index contributed by atoms with van der Waals surface area (Å²) in [6.07, 6.45) is 1.57. The third-order valence-corrected chi connectivity index (χ3v) is 5.61. The third-order valence-electron chi connectivity index (χ3n) is 5.19. The zero-order chi connectivity index (χ0) is 24.1. The molecule has 3 rings (SSSR count). The van der Waals surface area contributed by atoms with E-state index in [1.807, 2.05) is 49.6 Å². The van der Waals surface area contributed by atoms with Crippen LogP contribution in [0.5, 0.6) is 0 Å².